The van der Waals surface area contributed by atoms with Crippen LogP contribution in [-0.4, -0.2) is 34.7 Å². The topological polar surface area (TPSA) is 42.4 Å². The van der Waals surface area contributed by atoms with Crippen molar-refractivity contribution in [3.63, 3.8) is 0 Å². The molecule has 1 aromatic rings. The van der Waals surface area contributed by atoms with Crippen molar-refractivity contribution < 1.29 is 9.53 Å². The van der Waals surface area contributed by atoms with Crippen molar-refractivity contribution in [1.82, 2.24) is 9.88 Å². The number of aromatic nitrogens is 1. The molecule has 0 saturated carbocycles. The van der Waals surface area contributed by atoms with Crippen LogP contribution in [0.3, 0.4) is 0 Å². The molecule has 1 aliphatic rings. The molecule has 0 aromatic carbocycles. The lowest BCUT2D eigenvalue weighted by Gasteiger charge is -2.46. The first-order chi connectivity index (χ1) is 9.64. The average Bonchev–Trinajstić information content (AvgIpc) is 2.32. The quantitative estimate of drug-likeness (QED) is 0.593. The normalized spacial score (nSPS) is 17.3. The number of rotatable bonds is 2. The van der Waals surface area contributed by atoms with Gasteiger partial charge < -0.3 is 9.64 Å². The fraction of sp³-hybridized carbons (Fsp3) is 0.571. The fourth-order valence-corrected chi connectivity index (χ4v) is 3.00. The molecule has 116 valence electrons. The highest BCUT2D eigenvalue weighted by Crippen LogP contribution is 2.41. The molecule has 0 unspecified atom stereocenters. The minimum absolute atomic E-state index is 0.219. The summed E-state index contributed by atoms with van der Waals surface area (Å²) in [5.41, 5.74) is 0.927. The first-order valence-corrected chi connectivity index (χ1v) is 7.82. The highest BCUT2D eigenvalue weighted by Gasteiger charge is 2.47. The summed E-state index contributed by atoms with van der Waals surface area (Å²) >= 11 is 18.3. The maximum atomic E-state index is 12.0. The largest absolute Gasteiger partial charge is 0.444 e. The molecular formula is C14H17Cl3N2O2. The van der Waals surface area contributed by atoms with Gasteiger partial charge in [0.15, 0.2) is 0 Å². The Balaban J connectivity index is 2.09. The van der Waals surface area contributed by atoms with Gasteiger partial charge in [-0.2, -0.15) is 0 Å². The number of pyridine rings is 1. The number of hydrogen-bond acceptors (Lipinski definition) is 3. The molecule has 21 heavy (non-hydrogen) atoms. The van der Waals surface area contributed by atoms with Crippen molar-refractivity contribution in [2.75, 3.05) is 13.1 Å². The minimum Gasteiger partial charge on any atom is -0.444 e. The maximum Gasteiger partial charge on any atom is 0.410 e. The summed E-state index contributed by atoms with van der Waals surface area (Å²) in [5, 5.41) is 0.373. The number of alkyl halides is 2. The SMILES string of the molecule is CC(C)(C)OC(=O)N1CC(Cl)(c2ccc(Cl)nc2CCl)C1. The zero-order chi connectivity index (χ0) is 15.8. The van der Waals surface area contributed by atoms with Crippen LogP contribution in [-0.2, 0) is 15.5 Å². The lowest BCUT2D eigenvalue weighted by Crippen LogP contribution is -2.59. The van der Waals surface area contributed by atoms with E-state index in [4.69, 9.17) is 39.5 Å². The Bertz CT molecular complexity index is 552. The Morgan fingerprint density at radius 2 is 2.05 bits per heavy atom. The molecule has 0 spiro atoms. The molecule has 1 aliphatic heterocycles. The zero-order valence-electron chi connectivity index (χ0n) is 12.1. The van der Waals surface area contributed by atoms with Crippen LogP contribution in [0.4, 0.5) is 4.79 Å². The van der Waals surface area contributed by atoms with Gasteiger partial charge >= 0.3 is 6.09 Å². The van der Waals surface area contributed by atoms with E-state index in [1.54, 1.807) is 11.0 Å². The Morgan fingerprint density at radius 1 is 1.43 bits per heavy atom. The van der Waals surface area contributed by atoms with Crippen LogP contribution in [0.2, 0.25) is 5.15 Å². The second-order valence-corrected chi connectivity index (χ2v) is 7.44. The van der Waals surface area contributed by atoms with Crippen LogP contribution in [0.1, 0.15) is 32.0 Å². The molecule has 0 bridgehead atoms. The van der Waals surface area contributed by atoms with Gasteiger partial charge in [0.05, 0.1) is 11.6 Å². The number of hydrogen-bond donors (Lipinski definition) is 0. The monoisotopic (exact) mass is 350 g/mol. The molecule has 0 atom stereocenters. The number of carbonyl (C=O) groups is 1. The predicted octanol–water partition coefficient (Wildman–Crippen LogP) is 4.16. The van der Waals surface area contributed by atoms with Crippen molar-refractivity contribution in [1.29, 1.82) is 0 Å². The maximum absolute atomic E-state index is 12.0. The summed E-state index contributed by atoms with van der Waals surface area (Å²) in [6, 6.07) is 3.49. The van der Waals surface area contributed by atoms with Crippen LogP contribution in [0.5, 0.6) is 0 Å². The molecule has 2 rings (SSSR count). The number of likely N-dealkylation sites (tertiary alicyclic amines) is 1. The summed E-state index contributed by atoms with van der Waals surface area (Å²) in [4.78, 5) is 17.0. The molecule has 0 N–H and O–H groups in total. The van der Waals surface area contributed by atoms with E-state index < -0.39 is 10.5 Å². The number of halogens is 3. The van der Waals surface area contributed by atoms with Gasteiger partial charge in [0, 0.05) is 13.1 Å². The number of amides is 1. The standard InChI is InChI=1S/C14H17Cl3N2O2/c1-13(2,3)21-12(20)19-7-14(17,8-19)9-4-5-11(16)18-10(9)6-15/h4-5H,6-8H2,1-3H3. The van der Waals surface area contributed by atoms with Crippen LogP contribution >= 0.6 is 34.8 Å². The van der Waals surface area contributed by atoms with Crippen LogP contribution in [0, 0.1) is 0 Å². The summed E-state index contributed by atoms with van der Waals surface area (Å²) in [5.74, 6) is 0.219. The average molecular weight is 352 g/mol. The van der Waals surface area contributed by atoms with Gasteiger partial charge in [0.1, 0.15) is 15.6 Å². The number of nitrogens with zero attached hydrogens (tertiary/aromatic N) is 2. The zero-order valence-corrected chi connectivity index (χ0v) is 14.4. The van der Waals surface area contributed by atoms with E-state index in [9.17, 15) is 4.79 Å². The highest BCUT2D eigenvalue weighted by molar-refractivity contribution is 6.29. The molecule has 7 heteroatoms. The molecular weight excluding hydrogens is 335 g/mol. The highest BCUT2D eigenvalue weighted by atomic mass is 35.5. The van der Waals surface area contributed by atoms with Gasteiger partial charge in [0.25, 0.3) is 0 Å². The van der Waals surface area contributed by atoms with Crippen molar-refractivity contribution >= 4 is 40.9 Å². The second-order valence-electron chi connectivity index (χ2n) is 6.06. The van der Waals surface area contributed by atoms with Gasteiger partial charge in [-0.25, -0.2) is 9.78 Å². The molecule has 4 nitrogen and oxygen atoms in total. The van der Waals surface area contributed by atoms with E-state index in [2.05, 4.69) is 4.98 Å². The van der Waals surface area contributed by atoms with Gasteiger partial charge in [-0.15, -0.1) is 23.2 Å². The molecule has 0 radical (unpaired) electrons. The summed E-state index contributed by atoms with van der Waals surface area (Å²) in [7, 11) is 0. The molecule has 1 aromatic heterocycles. The van der Waals surface area contributed by atoms with Gasteiger partial charge in [0.2, 0.25) is 0 Å². The second kappa shape index (κ2) is 5.82. The van der Waals surface area contributed by atoms with E-state index in [0.29, 0.717) is 23.9 Å². The Kier molecular flexibility index (Phi) is 4.62. The summed E-state index contributed by atoms with van der Waals surface area (Å²) in [6.07, 6.45) is -0.367. The van der Waals surface area contributed by atoms with Gasteiger partial charge in [-0.05, 0) is 32.4 Å². The van der Waals surface area contributed by atoms with E-state index in [1.807, 2.05) is 26.8 Å². The first kappa shape index (κ1) is 16.7. The van der Waals surface area contributed by atoms with Crippen molar-refractivity contribution in [2.24, 2.45) is 0 Å². The lowest BCUT2D eigenvalue weighted by atomic mass is 9.89. The van der Waals surface area contributed by atoms with E-state index in [0.717, 1.165) is 5.56 Å². The third-order valence-corrected chi connectivity index (χ3v) is 3.99. The Morgan fingerprint density at radius 3 is 2.57 bits per heavy atom. The van der Waals surface area contributed by atoms with E-state index in [-0.39, 0.29) is 12.0 Å². The predicted molar refractivity (Wildman–Crippen MR) is 84.1 cm³/mol. The molecule has 1 fully saturated rings. The summed E-state index contributed by atoms with van der Waals surface area (Å²) < 4.78 is 5.31. The van der Waals surface area contributed by atoms with Crippen LogP contribution < -0.4 is 0 Å². The van der Waals surface area contributed by atoms with Gasteiger partial charge in [-0.1, -0.05) is 17.7 Å². The molecule has 1 saturated heterocycles. The minimum atomic E-state index is -0.682. The lowest BCUT2D eigenvalue weighted by molar-refractivity contribution is 0.00306. The third kappa shape index (κ3) is 3.74. The van der Waals surface area contributed by atoms with Crippen LogP contribution in [0.25, 0.3) is 0 Å². The number of ether oxygens (including phenoxy) is 1. The fourth-order valence-electron chi connectivity index (χ4n) is 2.17. The van der Waals surface area contributed by atoms with Crippen molar-refractivity contribution in [2.45, 2.75) is 37.1 Å². The molecule has 0 aliphatic carbocycles. The smallest absolute Gasteiger partial charge is 0.410 e. The van der Waals surface area contributed by atoms with Crippen molar-refractivity contribution in [3.05, 3.63) is 28.5 Å². The third-order valence-electron chi connectivity index (χ3n) is 3.08. The first-order valence-electron chi connectivity index (χ1n) is 6.53. The Hall–Kier alpha value is -0.710. The number of carbonyl (C=O) groups excluding carboxylic acids is 1. The van der Waals surface area contributed by atoms with E-state index >= 15 is 0 Å². The van der Waals surface area contributed by atoms with E-state index in [1.165, 1.54) is 0 Å². The van der Waals surface area contributed by atoms with Crippen molar-refractivity contribution in [3.8, 4) is 0 Å². The Labute approximate surface area is 139 Å². The summed E-state index contributed by atoms with van der Waals surface area (Å²) in [6.45, 7) is 6.20. The molecule has 2 heterocycles. The molecule has 1 amide bonds. The van der Waals surface area contributed by atoms with Gasteiger partial charge in [-0.3, -0.25) is 0 Å². The van der Waals surface area contributed by atoms with Crippen LogP contribution in [0.15, 0.2) is 12.1 Å².